The van der Waals surface area contributed by atoms with Crippen molar-refractivity contribution in [3.63, 3.8) is 0 Å². The number of nitrogens with zero attached hydrogens (tertiary/aromatic N) is 2. The second-order valence-electron chi connectivity index (χ2n) is 7.20. The maximum Gasteiger partial charge on any atom is 0.108 e. The Morgan fingerprint density at radius 3 is 2.68 bits per heavy atom. The number of aryl methyl sites for hydroxylation is 2. The number of aliphatic hydroxyl groups excluding tert-OH is 1. The Bertz CT molecular complexity index is 405. The minimum Gasteiger partial charge on any atom is -0.393 e. The fourth-order valence-corrected chi connectivity index (χ4v) is 3.30. The Balaban J connectivity index is 1.93. The molecule has 0 radical (unpaired) electrons. The molecule has 108 valence electrons. The summed E-state index contributed by atoms with van der Waals surface area (Å²) >= 11 is 0. The molecule has 0 saturated heterocycles. The highest BCUT2D eigenvalue weighted by Crippen LogP contribution is 2.41. The van der Waals surface area contributed by atoms with Crippen LogP contribution in [-0.2, 0) is 13.5 Å². The van der Waals surface area contributed by atoms with E-state index in [2.05, 4.69) is 30.3 Å². The quantitative estimate of drug-likeness (QED) is 0.910. The predicted octanol–water partition coefficient (Wildman–Crippen LogP) is 3.18. The molecule has 1 heterocycles. The molecular formula is C16H28N2O. The van der Waals surface area contributed by atoms with Crippen LogP contribution in [0.25, 0.3) is 0 Å². The molecule has 3 atom stereocenters. The number of rotatable bonds is 3. The Morgan fingerprint density at radius 1 is 1.37 bits per heavy atom. The summed E-state index contributed by atoms with van der Waals surface area (Å²) in [6.07, 6.45) is 9.06. The summed E-state index contributed by atoms with van der Waals surface area (Å²) in [5.74, 6) is 2.31. The van der Waals surface area contributed by atoms with E-state index in [1.54, 1.807) is 0 Å². The van der Waals surface area contributed by atoms with Crippen molar-refractivity contribution in [2.45, 2.75) is 59.0 Å². The van der Waals surface area contributed by atoms with Crippen molar-refractivity contribution in [1.29, 1.82) is 0 Å². The van der Waals surface area contributed by atoms with E-state index >= 15 is 0 Å². The Hall–Kier alpha value is -0.830. The lowest BCUT2D eigenvalue weighted by molar-refractivity contribution is 0.0157. The van der Waals surface area contributed by atoms with Gasteiger partial charge in [-0.1, -0.05) is 20.8 Å². The summed E-state index contributed by atoms with van der Waals surface area (Å²) in [7, 11) is 2.04. The zero-order valence-electron chi connectivity index (χ0n) is 12.8. The van der Waals surface area contributed by atoms with Crippen LogP contribution in [0, 0.1) is 17.3 Å². The Labute approximate surface area is 117 Å². The van der Waals surface area contributed by atoms with Crippen molar-refractivity contribution >= 4 is 0 Å². The summed E-state index contributed by atoms with van der Waals surface area (Å²) in [4.78, 5) is 4.37. The highest BCUT2D eigenvalue weighted by Gasteiger charge is 2.34. The third-order valence-electron chi connectivity index (χ3n) is 4.83. The molecule has 1 aliphatic carbocycles. The topological polar surface area (TPSA) is 38.0 Å². The number of imidazole rings is 1. The molecule has 3 unspecified atom stereocenters. The van der Waals surface area contributed by atoms with Gasteiger partial charge in [0.05, 0.1) is 6.10 Å². The van der Waals surface area contributed by atoms with Crippen LogP contribution in [0.15, 0.2) is 12.4 Å². The third kappa shape index (κ3) is 3.59. The molecule has 1 aliphatic rings. The highest BCUT2D eigenvalue weighted by molar-refractivity contribution is 4.93. The summed E-state index contributed by atoms with van der Waals surface area (Å²) in [6.45, 7) is 6.97. The van der Waals surface area contributed by atoms with Gasteiger partial charge in [-0.05, 0) is 42.9 Å². The van der Waals surface area contributed by atoms with E-state index in [0.29, 0.717) is 11.3 Å². The smallest absolute Gasteiger partial charge is 0.108 e. The zero-order valence-corrected chi connectivity index (χ0v) is 12.8. The Morgan fingerprint density at radius 2 is 2.11 bits per heavy atom. The summed E-state index contributed by atoms with van der Waals surface area (Å²) in [5.41, 5.74) is 0.363. The Kier molecular flexibility index (Phi) is 4.34. The standard InChI is InChI=1S/C16H28N2O/c1-16(2,3)13-6-7-14(19)12(11-13)5-8-15-17-9-10-18(15)4/h9-10,12-14,19H,5-8,11H2,1-4H3. The van der Waals surface area contributed by atoms with Gasteiger partial charge in [-0.3, -0.25) is 0 Å². The molecule has 0 aliphatic heterocycles. The third-order valence-corrected chi connectivity index (χ3v) is 4.83. The molecule has 0 spiro atoms. The van der Waals surface area contributed by atoms with E-state index in [4.69, 9.17) is 0 Å². The van der Waals surface area contributed by atoms with E-state index in [1.165, 1.54) is 6.42 Å². The molecule has 0 amide bonds. The van der Waals surface area contributed by atoms with Crippen molar-refractivity contribution in [2.24, 2.45) is 24.3 Å². The van der Waals surface area contributed by atoms with Gasteiger partial charge < -0.3 is 9.67 Å². The van der Waals surface area contributed by atoms with Crippen LogP contribution < -0.4 is 0 Å². The maximum atomic E-state index is 10.2. The predicted molar refractivity (Wildman–Crippen MR) is 77.8 cm³/mol. The summed E-state index contributed by atoms with van der Waals surface area (Å²) in [6, 6.07) is 0. The average Bonchev–Trinajstić information content (AvgIpc) is 2.72. The van der Waals surface area contributed by atoms with Gasteiger partial charge in [0.2, 0.25) is 0 Å². The maximum absolute atomic E-state index is 10.2. The van der Waals surface area contributed by atoms with Gasteiger partial charge in [-0.15, -0.1) is 0 Å². The summed E-state index contributed by atoms with van der Waals surface area (Å²) < 4.78 is 2.08. The van der Waals surface area contributed by atoms with Crippen molar-refractivity contribution in [3.8, 4) is 0 Å². The molecule has 1 aromatic heterocycles. The van der Waals surface area contributed by atoms with Crippen molar-refractivity contribution in [1.82, 2.24) is 9.55 Å². The first kappa shape index (κ1) is 14.6. The molecule has 3 nitrogen and oxygen atoms in total. The first-order valence-corrected chi connectivity index (χ1v) is 7.52. The first-order valence-electron chi connectivity index (χ1n) is 7.52. The van der Waals surface area contributed by atoms with Gasteiger partial charge in [0.25, 0.3) is 0 Å². The average molecular weight is 264 g/mol. The van der Waals surface area contributed by atoms with Crippen LogP contribution in [-0.4, -0.2) is 20.8 Å². The lowest BCUT2D eigenvalue weighted by Crippen LogP contribution is -2.35. The monoisotopic (exact) mass is 264 g/mol. The number of hydrogen-bond acceptors (Lipinski definition) is 2. The summed E-state index contributed by atoms with van der Waals surface area (Å²) in [5, 5.41) is 10.2. The molecule has 2 rings (SSSR count). The SMILES string of the molecule is Cn1ccnc1CCC1CC(C(C)(C)C)CCC1O. The van der Waals surface area contributed by atoms with Gasteiger partial charge in [-0.25, -0.2) is 4.98 Å². The molecule has 1 aromatic rings. The molecule has 1 N–H and O–H groups in total. The lowest BCUT2D eigenvalue weighted by atomic mass is 9.67. The van der Waals surface area contributed by atoms with E-state index in [1.807, 2.05) is 19.4 Å². The minimum atomic E-state index is -0.112. The van der Waals surface area contributed by atoms with Gasteiger partial charge in [-0.2, -0.15) is 0 Å². The van der Waals surface area contributed by atoms with Crippen LogP contribution in [0.3, 0.4) is 0 Å². The van der Waals surface area contributed by atoms with E-state index in [0.717, 1.165) is 37.4 Å². The molecule has 0 bridgehead atoms. The first-order chi connectivity index (χ1) is 8.88. The largest absolute Gasteiger partial charge is 0.393 e. The van der Waals surface area contributed by atoms with E-state index in [9.17, 15) is 5.11 Å². The van der Waals surface area contributed by atoms with Gasteiger partial charge in [0.15, 0.2) is 0 Å². The highest BCUT2D eigenvalue weighted by atomic mass is 16.3. The number of hydrogen-bond donors (Lipinski definition) is 1. The van der Waals surface area contributed by atoms with Crippen molar-refractivity contribution in [2.75, 3.05) is 0 Å². The molecule has 0 aromatic carbocycles. The van der Waals surface area contributed by atoms with Crippen LogP contribution in [0.2, 0.25) is 0 Å². The molecule has 3 heteroatoms. The number of aliphatic hydroxyl groups is 1. The lowest BCUT2D eigenvalue weighted by Gasteiger charge is -2.40. The fourth-order valence-electron chi connectivity index (χ4n) is 3.30. The van der Waals surface area contributed by atoms with Crippen LogP contribution in [0.4, 0.5) is 0 Å². The number of aromatic nitrogens is 2. The van der Waals surface area contributed by atoms with Crippen LogP contribution >= 0.6 is 0 Å². The molecule has 19 heavy (non-hydrogen) atoms. The van der Waals surface area contributed by atoms with Crippen LogP contribution in [0.1, 0.15) is 52.3 Å². The normalized spacial score (nSPS) is 28.6. The molecular weight excluding hydrogens is 236 g/mol. The van der Waals surface area contributed by atoms with Crippen molar-refractivity contribution < 1.29 is 5.11 Å². The van der Waals surface area contributed by atoms with E-state index in [-0.39, 0.29) is 6.10 Å². The second-order valence-corrected chi connectivity index (χ2v) is 7.20. The van der Waals surface area contributed by atoms with Crippen LogP contribution in [0.5, 0.6) is 0 Å². The van der Waals surface area contributed by atoms with Gasteiger partial charge in [0.1, 0.15) is 5.82 Å². The van der Waals surface area contributed by atoms with E-state index < -0.39 is 0 Å². The molecule has 1 fully saturated rings. The van der Waals surface area contributed by atoms with Gasteiger partial charge >= 0.3 is 0 Å². The van der Waals surface area contributed by atoms with Gasteiger partial charge in [0, 0.05) is 25.9 Å². The van der Waals surface area contributed by atoms with Crippen molar-refractivity contribution in [3.05, 3.63) is 18.2 Å². The second kappa shape index (κ2) is 5.66. The zero-order chi connectivity index (χ0) is 14.0. The fraction of sp³-hybridized carbons (Fsp3) is 0.812. The molecule has 1 saturated carbocycles. The minimum absolute atomic E-state index is 0.112.